The van der Waals surface area contributed by atoms with E-state index in [4.69, 9.17) is 19.8 Å². The third kappa shape index (κ3) is 5.51. The van der Waals surface area contributed by atoms with Crippen LogP contribution in [0.3, 0.4) is 0 Å². The van der Waals surface area contributed by atoms with E-state index in [9.17, 15) is 22.8 Å². The highest BCUT2D eigenvalue weighted by Crippen LogP contribution is 2.47. The molecule has 0 atom stereocenters. The molecule has 2 N–H and O–H groups in total. The zero-order valence-corrected chi connectivity index (χ0v) is 22.8. The maximum Gasteiger partial charge on any atom is 0.573 e. The predicted molar refractivity (Wildman–Crippen MR) is 140 cm³/mol. The van der Waals surface area contributed by atoms with Crippen LogP contribution in [0, 0.1) is 0 Å². The van der Waals surface area contributed by atoms with Gasteiger partial charge >= 0.3 is 13.5 Å². The highest BCUT2D eigenvalue weighted by molar-refractivity contribution is 6.62. The SMILES string of the molecule is CC1(C)OB(c2ccc(OC34CCN(C(=O)Cc5ccc(OC(F)(F)F)cc5)C(C3)C4)c(C(N)=O)c2)OC1(C)C. The van der Waals surface area contributed by atoms with Gasteiger partial charge in [0.25, 0.3) is 5.91 Å². The maximum atomic E-state index is 13.0. The van der Waals surface area contributed by atoms with Gasteiger partial charge < -0.3 is 29.4 Å². The van der Waals surface area contributed by atoms with Crippen molar-refractivity contribution in [2.75, 3.05) is 6.54 Å². The van der Waals surface area contributed by atoms with Crippen molar-refractivity contribution in [2.24, 2.45) is 5.73 Å². The molecule has 1 aliphatic carbocycles. The summed E-state index contributed by atoms with van der Waals surface area (Å²) in [5, 5.41) is 0. The number of amides is 2. The molecular weight excluding hydrogens is 528 g/mol. The summed E-state index contributed by atoms with van der Waals surface area (Å²) in [5.41, 5.74) is 5.64. The number of primary amides is 1. The summed E-state index contributed by atoms with van der Waals surface area (Å²) >= 11 is 0. The van der Waals surface area contributed by atoms with E-state index in [0.717, 1.165) is 0 Å². The maximum absolute atomic E-state index is 13.0. The van der Waals surface area contributed by atoms with Gasteiger partial charge in [-0.3, -0.25) is 9.59 Å². The second kappa shape index (κ2) is 9.69. The van der Waals surface area contributed by atoms with Crippen LogP contribution in [0.1, 0.15) is 62.9 Å². The van der Waals surface area contributed by atoms with Crippen LogP contribution in [0.25, 0.3) is 0 Å². The van der Waals surface area contributed by atoms with Crippen LogP contribution in [0.15, 0.2) is 42.5 Å². The number of carbonyl (C=O) groups is 2. The van der Waals surface area contributed by atoms with E-state index in [-0.39, 0.29) is 29.7 Å². The Morgan fingerprint density at radius 1 is 1.05 bits per heavy atom. The van der Waals surface area contributed by atoms with Crippen LogP contribution < -0.4 is 20.7 Å². The summed E-state index contributed by atoms with van der Waals surface area (Å²) in [6.07, 6.45) is -2.91. The van der Waals surface area contributed by atoms with Crippen LogP contribution in [0.5, 0.6) is 11.5 Å². The number of halogens is 3. The highest BCUT2D eigenvalue weighted by atomic mass is 19.4. The summed E-state index contributed by atoms with van der Waals surface area (Å²) in [5.74, 6) is -0.679. The number of nitrogens with two attached hydrogens (primary N) is 1. The largest absolute Gasteiger partial charge is 0.573 e. The Kier molecular flexibility index (Phi) is 6.85. The molecule has 4 fully saturated rings. The van der Waals surface area contributed by atoms with Gasteiger partial charge in [0.2, 0.25) is 5.91 Å². The lowest BCUT2D eigenvalue weighted by molar-refractivity contribution is -0.274. The Labute approximate surface area is 231 Å². The molecule has 3 aliphatic heterocycles. The summed E-state index contributed by atoms with van der Waals surface area (Å²) in [6, 6.07) is 10.5. The summed E-state index contributed by atoms with van der Waals surface area (Å²) in [7, 11) is -0.647. The Balaban J connectivity index is 1.21. The molecule has 8 nitrogen and oxygen atoms in total. The average Bonchev–Trinajstić information content (AvgIpc) is 3.05. The van der Waals surface area contributed by atoms with Crippen LogP contribution in [0.4, 0.5) is 13.2 Å². The lowest BCUT2D eigenvalue weighted by Gasteiger charge is -2.56. The van der Waals surface area contributed by atoms with E-state index in [1.807, 2.05) is 27.7 Å². The van der Waals surface area contributed by atoms with Crippen LogP contribution in [0.2, 0.25) is 0 Å². The summed E-state index contributed by atoms with van der Waals surface area (Å²) in [6.45, 7) is 8.27. The van der Waals surface area contributed by atoms with Crippen molar-refractivity contribution in [3.8, 4) is 11.5 Å². The highest BCUT2D eigenvalue weighted by Gasteiger charge is 2.55. The molecule has 0 radical (unpaired) electrons. The molecule has 4 aliphatic rings. The minimum Gasteiger partial charge on any atom is -0.486 e. The molecule has 40 heavy (non-hydrogen) atoms. The number of hydrogen-bond acceptors (Lipinski definition) is 6. The van der Waals surface area contributed by atoms with Crippen LogP contribution in [-0.4, -0.2) is 59.6 Å². The molecule has 12 heteroatoms. The van der Waals surface area contributed by atoms with Gasteiger partial charge in [0.05, 0.1) is 23.2 Å². The van der Waals surface area contributed by atoms with Gasteiger partial charge in [0.1, 0.15) is 17.1 Å². The number of fused-ring (bicyclic) bond motifs is 2. The first kappa shape index (κ1) is 28.3. The molecule has 2 aromatic carbocycles. The van der Waals surface area contributed by atoms with E-state index in [2.05, 4.69) is 4.74 Å². The monoisotopic (exact) mass is 560 g/mol. The molecule has 3 heterocycles. The normalized spacial score (nSPS) is 24.8. The van der Waals surface area contributed by atoms with Crippen LogP contribution >= 0.6 is 0 Å². The van der Waals surface area contributed by atoms with Crippen molar-refractivity contribution in [1.82, 2.24) is 4.90 Å². The number of alkyl halides is 3. The fraction of sp³-hybridized carbons (Fsp3) is 0.500. The number of nitrogens with zero attached hydrogens (tertiary/aromatic N) is 1. The van der Waals surface area contributed by atoms with Gasteiger partial charge in [0.15, 0.2) is 0 Å². The van der Waals surface area contributed by atoms with Crippen molar-refractivity contribution in [1.29, 1.82) is 0 Å². The number of benzene rings is 2. The molecule has 214 valence electrons. The Morgan fingerprint density at radius 2 is 1.68 bits per heavy atom. The van der Waals surface area contributed by atoms with Crippen molar-refractivity contribution >= 4 is 24.4 Å². The Bertz CT molecular complexity index is 1290. The fourth-order valence-electron chi connectivity index (χ4n) is 5.47. The van der Waals surface area contributed by atoms with Gasteiger partial charge in [-0.15, -0.1) is 13.2 Å². The molecule has 0 unspecified atom stereocenters. The third-order valence-electron chi connectivity index (χ3n) is 8.42. The molecule has 2 aromatic rings. The molecule has 0 spiro atoms. The van der Waals surface area contributed by atoms with Gasteiger partial charge in [-0.1, -0.05) is 18.2 Å². The quantitative estimate of drug-likeness (QED) is 0.519. The zero-order chi connectivity index (χ0) is 29.1. The van der Waals surface area contributed by atoms with E-state index >= 15 is 0 Å². The molecular formula is C28H32BF3N2O6. The Hall–Kier alpha value is -3.25. The minimum absolute atomic E-state index is 0.0184. The first-order valence-corrected chi connectivity index (χ1v) is 13.2. The molecule has 3 saturated heterocycles. The number of rotatable bonds is 7. The second-order valence-electron chi connectivity index (χ2n) is 11.8. The van der Waals surface area contributed by atoms with Gasteiger partial charge in [-0.25, -0.2) is 0 Å². The number of piperidine rings is 2. The number of hydrogen-bond donors (Lipinski definition) is 1. The first-order chi connectivity index (χ1) is 18.6. The van der Waals surface area contributed by atoms with Gasteiger partial charge in [-0.2, -0.15) is 0 Å². The first-order valence-electron chi connectivity index (χ1n) is 13.2. The van der Waals surface area contributed by atoms with E-state index in [1.54, 1.807) is 23.1 Å². The minimum atomic E-state index is -4.77. The van der Waals surface area contributed by atoms with E-state index < -0.39 is 36.2 Å². The Morgan fingerprint density at radius 3 is 2.20 bits per heavy atom. The topological polar surface area (TPSA) is 100 Å². The van der Waals surface area contributed by atoms with Crippen molar-refractivity contribution < 1.29 is 41.5 Å². The summed E-state index contributed by atoms with van der Waals surface area (Å²) < 4.78 is 59.6. The molecule has 2 bridgehead atoms. The van der Waals surface area contributed by atoms with E-state index in [0.29, 0.717) is 42.6 Å². The number of ether oxygens (including phenoxy) is 2. The average molecular weight is 560 g/mol. The molecule has 6 rings (SSSR count). The van der Waals surface area contributed by atoms with E-state index in [1.165, 1.54) is 24.3 Å². The lowest BCUT2D eigenvalue weighted by atomic mass is 9.68. The lowest BCUT2D eigenvalue weighted by Crippen LogP contribution is -2.65. The van der Waals surface area contributed by atoms with Crippen molar-refractivity contribution in [2.45, 2.75) is 82.6 Å². The third-order valence-corrected chi connectivity index (χ3v) is 8.42. The number of carbonyl (C=O) groups excluding carboxylic acids is 2. The van der Waals surface area contributed by atoms with Crippen LogP contribution in [-0.2, 0) is 20.5 Å². The molecule has 1 saturated carbocycles. The predicted octanol–water partition coefficient (Wildman–Crippen LogP) is 3.74. The second-order valence-corrected chi connectivity index (χ2v) is 11.8. The van der Waals surface area contributed by atoms with Crippen molar-refractivity contribution in [3.05, 3.63) is 53.6 Å². The fourth-order valence-corrected chi connectivity index (χ4v) is 5.47. The van der Waals surface area contributed by atoms with Crippen molar-refractivity contribution in [3.63, 3.8) is 0 Å². The molecule has 0 aromatic heterocycles. The standard InChI is InChI=1S/C28H32BF3N2O6/c1-25(2)26(3,4)40-29(39-25)18-7-10-22(21(14-18)24(33)36)38-27-11-12-34(19(15-27)16-27)23(35)13-17-5-8-20(9-6-17)37-28(30,31)32/h5-10,14,19H,11-13,15-16H2,1-4H3,(H2,33,36). The summed E-state index contributed by atoms with van der Waals surface area (Å²) in [4.78, 5) is 27.1. The van der Waals surface area contributed by atoms with Gasteiger partial charge in [-0.05, 0) is 63.0 Å². The smallest absolute Gasteiger partial charge is 0.486 e. The van der Waals surface area contributed by atoms with Gasteiger partial charge in [0, 0.05) is 31.8 Å². The zero-order valence-electron chi connectivity index (χ0n) is 22.8. The molecule has 2 amide bonds.